The molecule has 0 amide bonds. The lowest BCUT2D eigenvalue weighted by atomic mass is 10.0. The van der Waals surface area contributed by atoms with Crippen LogP contribution in [0.3, 0.4) is 0 Å². The average molecular weight is 386 g/mol. The van der Waals surface area contributed by atoms with Gasteiger partial charge in [-0.1, -0.05) is 28.1 Å². The summed E-state index contributed by atoms with van der Waals surface area (Å²) >= 11 is 6.84. The molecule has 0 spiro atoms. The molecule has 1 heterocycles. The topological polar surface area (TPSA) is 48.1 Å². The number of hydrogen-bond acceptors (Lipinski definition) is 3. The molecular weight excluding hydrogens is 372 g/mol. The van der Waals surface area contributed by atoms with Crippen molar-refractivity contribution in [2.24, 2.45) is 5.73 Å². The predicted octanol–water partition coefficient (Wildman–Crippen LogP) is 4.07. The Morgan fingerprint density at radius 3 is 2.58 bits per heavy atom. The van der Waals surface area contributed by atoms with Gasteiger partial charge in [0.05, 0.1) is 6.20 Å². The van der Waals surface area contributed by atoms with Crippen molar-refractivity contribution in [2.45, 2.75) is 19.1 Å². The molecule has 0 aliphatic heterocycles. The zero-order chi connectivity index (χ0) is 13.8. The van der Waals surface area contributed by atoms with E-state index in [4.69, 9.17) is 10.5 Å². The Morgan fingerprint density at radius 1 is 1.16 bits per heavy atom. The fourth-order valence-electron chi connectivity index (χ4n) is 1.77. The van der Waals surface area contributed by atoms with Crippen LogP contribution in [-0.2, 0) is 0 Å². The maximum absolute atomic E-state index is 6.03. The summed E-state index contributed by atoms with van der Waals surface area (Å²) in [6.07, 6.45) is 3.18. The zero-order valence-corrected chi connectivity index (χ0v) is 13.6. The average Bonchev–Trinajstić information content (AvgIpc) is 2.35. The lowest BCUT2D eigenvalue weighted by Crippen LogP contribution is -2.29. The molecule has 2 rings (SSSR count). The summed E-state index contributed by atoms with van der Waals surface area (Å²) < 4.78 is 7.84. The first-order valence-electron chi connectivity index (χ1n) is 5.84. The number of halogens is 2. The highest BCUT2D eigenvalue weighted by Gasteiger charge is 2.18. The van der Waals surface area contributed by atoms with E-state index in [2.05, 4.69) is 36.8 Å². The highest BCUT2D eigenvalue weighted by molar-refractivity contribution is 9.10. The Bertz CT molecular complexity index is 561. The molecule has 0 radical (unpaired) electrons. The third-order valence-corrected chi connectivity index (χ3v) is 3.52. The van der Waals surface area contributed by atoms with E-state index in [9.17, 15) is 0 Å². The van der Waals surface area contributed by atoms with Gasteiger partial charge in [0.2, 0.25) is 0 Å². The van der Waals surface area contributed by atoms with Crippen molar-refractivity contribution in [2.75, 3.05) is 0 Å². The summed E-state index contributed by atoms with van der Waals surface area (Å²) in [6.45, 7) is 1.93. The third kappa shape index (κ3) is 4.03. The number of benzene rings is 1. The summed E-state index contributed by atoms with van der Waals surface area (Å²) in [5.41, 5.74) is 7.06. The van der Waals surface area contributed by atoms with Crippen LogP contribution in [0.5, 0.6) is 5.75 Å². The largest absolute Gasteiger partial charge is 0.482 e. The van der Waals surface area contributed by atoms with Crippen LogP contribution < -0.4 is 10.5 Å². The molecule has 1 aromatic carbocycles. The van der Waals surface area contributed by atoms with Gasteiger partial charge in [-0.25, -0.2) is 0 Å². The first-order valence-corrected chi connectivity index (χ1v) is 7.43. The second-order valence-electron chi connectivity index (χ2n) is 4.29. The molecule has 0 bridgehead atoms. The molecule has 100 valence electrons. The first-order chi connectivity index (χ1) is 9.06. The number of pyridine rings is 1. The summed E-state index contributed by atoms with van der Waals surface area (Å²) in [7, 11) is 0. The molecule has 3 nitrogen and oxygen atoms in total. The van der Waals surface area contributed by atoms with E-state index < -0.39 is 0 Å². The van der Waals surface area contributed by atoms with Crippen LogP contribution in [0.1, 0.15) is 18.6 Å². The van der Waals surface area contributed by atoms with Crippen molar-refractivity contribution in [1.82, 2.24) is 4.98 Å². The van der Waals surface area contributed by atoms with Gasteiger partial charge in [0.15, 0.2) is 0 Å². The summed E-state index contributed by atoms with van der Waals surface area (Å²) in [4.78, 5) is 4.09. The SMILES string of the molecule is CC(N)C(Oc1cncc(Br)c1)c1cccc(Br)c1. The second kappa shape index (κ2) is 6.50. The molecule has 5 heteroatoms. The Balaban J connectivity index is 2.26. The molecule has 0 saturated heterocycles. The smallest absolute Gasteiger partial charge is 0.139 e. The Morgan fingerprint density at radius 2 is 1.95 bits per heavy atom. The molecule has 2 atom stereocenters. The molecule has 0 aliphatic carbocycles. The van der Waals surface area contributed by atoms with E-state index in [1.165, 1.54) is 0 Å². The van der Waals surface area contributed by atoms with E-state index in [1.807, 2.05) is 37.3 Å². The van der Waals surface area contributed by atoms with Crippen LogP contribution >= 0.6 is 31.9 Å². The van der Waals surface area contributed by atoms with Crippen molar-refractivity contribution in [3.63, 3.8) is 0 Å². The normalized spacial score (nSPS) is 13.9. The highest BCUT2D eigenvalue weighted by Crippen LogP contribution is 2.27. The maximum atomic E-state index is 6.03. The van der Waals surface area contributed by atoms with Crippen molar-refractivity contribution < 1.29 is 4.74 Å². The van der Waals surface area contributed by atoms with E-state index in [0.29, 0.717) is 5.75 Å². The lowest BCUT2D eigenvalue weighted by molar-refractivity contribution is 0.179. The molecule has 19 heavy (non-hydrogen) atoms. The fraction of sp³-hybridized carbons (Fsp3) is 0.214. The van der Waals surface area contributed by atoms with Gasteiger partial charge in [0.1, 0.15) is 11.9 Å². The predicted molar refractivity (Wildman–Crippen MR) is 83.1 cm³/mol. The van der Waals surface area contributed by atoms with Crippen molar-refractivity contribution in [3.8, 4) is 5.75 Å². The number of ether oxygens (including phenoxy) is 1. The van der Waals surface area contributed by atoms with Gasteiger partial charge in [-0.2, -0.15) is 0 Å². The molecule has 2 unspecified atom stereocenters. The minimum Gasteiger partial charge on any atom is -0.482 e. The van der Waals surface area contributed by atoms with Gasteiger partial charge in [-0.05, 0) is 46.6 Å². The number of nitrogens with zero attached hydrogens (tertiary/aromatic N) is 1. The van der Waals surface area contributed by atoms with E-state index in [1.54, 1.807) is 12.4 Å². The van der Waals surface area contributed by atoms with Crippen molar-refractivity contribution in [3.05, 3.63) is 57.2 Å². The van der Waals surface area contributed by atoms with Crippen LogP contribution in [0.2, 0.25) is 0 Å². The van der Waals surface area contributed by atoms with E-state index >= 15 is 0 Å². The molecule has 2 N–H and O–H groups in total. The second-order valence-corrected chi connectivity index (χ2v) is 6.12. The van der Waals surface area contributed by atoms with Crippen LogP contribution in [0.4, 0.5) is 0 Å². The Kier molecular flexibility index (Phi) is 4.96. The van der Waals surface area contributed by atoms with Crippen LogP contribution in [-0.4, -0.2) is 11.0 Å². The van der Waals surface area contributed by atoms with Crippen molar-refractivity contribution >= 4 is 31.9 Å². The van der Waals surface area contributed by atoms with Crippen LogP contribution in [0.15, 0.2) is 51.7 Å². The maximum Gasteiger partial charge on any atom is 0.139 e. The Labute approximate surface area is 129 Å². The summed E-state index contributed by atoms with van der Waals surface area (Å²) in [5, 5.41) is 0. The number of hydrogen-bond donors (Lipinski definition) is 1. The van der Waals surface area contributed by atoms with Crippen LogP contribution in [0, 0.1) is 0 Å². The molecule has 0 aliphatic rings. The van der Waals surface area contributed by atoms with Gasteiger partial charge >= 0.3 is 0 Å². The quantitative estimate of drug-likeness (QED) is 0.862. The van der Waals surface area contributed by atoms with Crippen LogP contribution in [0.25, 0.3) is 0 Å². The van der Waals surface area contributed by atoms with E-state index in [0.717, 1.165) is 14.5 Å². The fourth-order valence-corrected chi connectivity index (χ4v) is 2.53. The molecule has 2 aromatic rings. The number of aromatic nitrogens is 1. The minimum atomic E-state index is -0.214. The number of nitrogens with two attached hydrogens (primary N) is 1. The van der Waals surface area contributed by atoms with Gasteiger partial charge in [-0.15, -0.1) is 0 Å². The molecule has 1 aromatic heterocycles. The summed E-state index contributed by atoms with van der Waals surface area (Å²) in [5.74, 6) is 0.691. The van der Waals surface area contributed by atoms with Gasteiger partial charge < -0.3 is 10.5 Å². The van der Waals surface area contributed by atoms with Gasteiger partial charge in [0, 0.05) is 21.2 Å². The molecule has 0 fully saturated rings. The lowest BCUT2D eigenvalue weighted by Gasteiger charge is -2.23. The number of rotatable bonds is 4. The zero-order valence-electron chi connectivity index (χ0n) is 10.4. The first kappa shape index (κ1) is 14.5. The Hall–Kier alpha value is -0.910. The third-order valence-electron chi connectivity index (χ3n) is 2.60. The highest BCUT2D eigenvalue weighted by atomic mass is 79.9. The van der Waals surface area contributed by atoms with Gasteiger partial charge in [0.25, 0.3) is 0 Å². The molecular formula is C14H14Br2N2O. The standard InChI is InChI=1S/C14H14Br2N2O/c1-9(17)14(10-3-2-4-11(15)5-10)19-13-6-12(16)7-18-8-13/h2-9,14H,17H2,1H3. The van der Waals surface area contributed by atoms with Gasteiger partial charge in [-0.3, -0.25) is 4.98 Å². The monoisotopic (exact) mass is 384 g/mol. The minimum absolute atomic E-state index is 0.131. The molecule has 0 saturated carbocycles. The van der Waals surface area contributed by atoms with E-state index in [-0.39, 0.29) is 12.1 Å². The summed E-state index contributed by atoms with van der Waals surface area (Å²) in [6, 6.07) is 9.71. The van der Waals surface area contributed by atoms with Crippen molar-refractivity contribution in [1.29, 1.82) is 0 Å².